The first kappa shape index (κ1) is 13.4. The van der Waals surface area contributed by atoms with E-state index in [2.05, 4.69) is 15.3 Å². The number of aromatic carboxylic acids is 1. The topological polar surface area (TPSA) is 80.9 Å². The molecule has 3 aromatic rings. The highest BCUT2D eigenvalue weighted by atomic mass is 32.1. The number of carboxylic acids is 1. The summed E-state index contributed by atoms with van der Waals surface area (Å²) in [5, 5.41) is 19.4. The summed E-state index contributed by atoms with van der Waals surface area (Å²) in [5.41, 5.74) is 0.700. The second-order valence-corrected chi connectivity index (χ2v) is 5.16. The van der Waals surface area contributed by atoms with Gasteiger partial charge in [-0.2, -0.15) is 0 Å². The second kappa shape index (κ2) is 5.41. The second-order valence-electron chi connectivity index (χ2n) is 4.18. The first-order valence-electron chi connectivity index (χ1n) is 5.96. The molecule has 0 saturated heterocycles. The van der Waals surface area contributed by atoms with Gasteiger partial charge in [0, 0.05) is 17.1 Å². The molecule has 0 aliphatic heterocycles. The monoisotopic (exact) mass is 304 g/mol. The summed E-state index contributed by atoms with van der Waals surface area (Å²) in [7, 11) is 0. The van der Waals surface area contributed by atoms with E-state index in [1.807, 2.05) is 5.38 Å². The quantitative estimate of drug-likeness (QED) is 0.800. The number of thiazole rings is 1. The standard InChI is InChI=1S/C13H9FN4O2S/c14-9-3-1-8(2-4-9)12-11(13(19)20)16-17-18(12)7-10-15-5-6-21-10/h1-6H,7H2,(H,19,20). The molecule has 0 bridgehead atoms. The van der Waals surface area contributed by atoms with Crippen molar-refractivity contribution in [2.75, 3.05) is 0 Å². The van der Waals surface area contributed by atoms with Crippen LogP contribution in [-0.4, -0.2) is 31.1 Å². The minimum Gasteiger partial charge on any atom is -0.476 e. The van der Waals surface area contributed by atoms with Crippen LogP contribution in [0.15, 0.2) is 35.8 Å². The molecule has 106 valence electrons. The third-order valence-electron chi connectivity index (χ3n) is 2.82. The van der Waals surface area contributed by atoms with Crippen molar-refractivity contribution in [3.63, 3.8) is 0 Å². The lowest BCUT2D eigenvalue weighted by Crippen LogP contribution is -2.06. The fourth-order valence-corrected chi connectivity index (χ4v) is 2.52. The maximum atomic E-state index is 13.0. The molecule has 0 fully saturated rings. The summed E-state index contributed by atoms with van der Waals surface area (Å²) in [6.07, 6.45) is 1.66. The fourth-order valence-electron chi connectivity index (χ4n) is 1.92. The van der Waals surface area contributed by atoms with Crippen molar-refractivity contribution in [2.45, 2.75) is 6.54 Å². The number of nitrogens with zero attached hydrogens (tertiary/aromatic N) is 4. The van der Waals surface area contributed by atoms with E-state index in [1.54, 1.807) is 6.20 Å². The zero-order valence-electron chi connectivity index (χ0n) is 10.6. The van der Waals surface area contributed by atoms with Crippen LogP contribution in [0.5, 0.6) is 0 Å². The fraction of sp³-hybridized carbons (Fsp3) is 0.0769. The summed E-state index contributed by atoms with van der Waals surface area (Å²) in [5.74, 6) is -1.57. The van der Waals surface area contributed by atoms with E-state index in [-0.39, 0.29) is 5.69 Å². The molecule has 21 heavy (non-hydrogen) atoms. The van der Waals surface area contributed by atoms with Crippen LogP contribution in [0.1, 0.15) is 15.5 Å². The van der Waals surface area contributed by atoms with Crippen molar-refractivity contribution in [3.05, 3.63) is 52.4 Å². The van der Waals surface area contributed by atoms with E-state index in [9.17, 15) is 14.3 Å². The Labute approximate surface area is 122 Å². The number of carboxylic acid groups (broad SMARTS) is 1. The smallest absolute Gasteiger partial charge is 0.358 e. The summed E-state index contributed by atoms with van der Waals surface area (Å²) in [6, 6.07) is 5.53. The van der Waals surface area contributed by atoms with Gasteiger partial charge in [0.05, 0.1) is 6.54 Å². The Hall–Kier alpha value is -2.61. The van der Waals surface area contributed by atoms with E-state index < -0.39 is 11.8 Å². The maximum Gasteiger partial charge on any atom is 0.358 e. The van der Waals surface area contributed by atoms with Gasteiger partial charge < -0.3 is 5.11 Å². The molecule has 0 unspecified atom stereocenters. The predicted molar refractivity (Wildman–Crippen MR) is 73.6 cm³/mol. The Balaban J connectivity index is 2.08. The van der Waals surface area contributed by atoms with E-state index >= 15 is 0 Å². The number of hydrogen-bond donors (Lipinski definition) is 1. The minimum atomic E-state index is -1.18. The number of hydrogen-bond acceptors (Lipinski definition) is 5. The lowest BCUT2D eigenvalue weighted by molar-refractivity contribution is 0.0691. The highest BCUT2D eigenvalue weighted by Crippen LogP contribution is 2.23. The van der Waals surface area contributed by atoms with Crippen molar-refractivity contribution < 1.29 is 14.3 Å². The third-order valence-corrected chi connectivity index (χ3v) is 3.59. The number of aromatic nitrogens is 4. The Morgan fingerprint density at radius 2 is 2.10 bits per heavy atom. The lowest BCUT2D eigenvalue weighted by atomic mass is 10.1. The first-order chi connectivity index (χ1) is 10.1. The van der Waals surface area contributed by atoms with Crippen LogP contribution in [0.2, 0.25) is 0 Å². The number of rotatable bonds is 4. The van der Waals surface area contributed by atoms with Gasteiger partial charge in [-0.1, -0.05) is 5.21 Å². The molecule has 3 rings (SSSR count). The summed E-state index contributed by atoms with van der Waals surface area (Å²) in [6.45, 7) is 0.310. The molecule has 8 heteroatoms. The average molecular weight is 304 g/mol. The molecule has 0 aliphatic carbocycles. The van der Waals surface area contributed by atoms with Crippen LogP contribution in [0.25, 0.3) is 11.3 Å². The molecule has 0 spiro atoms. The van der Waals surface area contributed by atoms with Crippen LogP contribution in [-0.2, 0) is 6.54 Å². The molecular weight excluding hydrogens is 295 g/mol. The predicted octanol–water partition coefficient (Wildman–Crippen LogP) is 2.29. The Bertz CT molecular complexity index is 768. The molecule has 1 aromatic carbocycles. The molecule has 0 saturated carbocycles. The molecule has 6 nitrogen and oxygen atoms in total. The van der Waals surface area contributed by atoms with Crippen molar-refractivity contribution in [1.29, 1.82) is 0 Å². The largest absolute Gasteiger partial charge is 0.476 e. The van der Waals surface area contributed by atoms with Gasteiger partial charge in [-0.15, -0.1) is 16.4 Å². The van der Waals surface area contributed by atoms with Gasteiger partial charge in [0.1, 0.15) is 16.5 Å². The Morgan fingerprint density at radius 3 is 2.71 bits per heavy atom. The number of halogens is 1. The SMILES string of the molecule is O=C(O)c1nnn(Cc2nccs2)c1-c1ccc(F)cc1. The van der Waals surface area contributed by atoms with Gasteiger partial charge in [0.2, 0.25) is 0 Å². The molecule has 0 atom stereocenters. The van der Waals surface area contributed by atoms with E-state index in [1.165, 1.54) is 40.3 Å². The molecule has 0 aliphatic rings. The van der Waals surface area contributed by atoms with Gasteiger partial charge in [0.25, 0.3) is 0 Å². The number of benzene rings is 1. The van der Waals surface area contributed by atoms with Gasteiger partial charge in [-0.3, -0.25) is 0 Å². The molecule has 2 aromatic heterocycles. The van der Waals surface area contributed by atoms with Crippen LogP contribution in [0.4, 0.5) is 4.39 Å². The van der Waals surface area contributed by atoms with Crippen LogP contribution in [0.3, 0.4) is 0 Å². The molecule has 1 N–H and O–H groups in total. The van der Waals surface area contributed by atoms with Crippen molar-refractivity contribution >= 4 is 17.3 Å². The highest BCUT2D eigenvalue weighted by molar-refractivity contribution is 7.09. The minimum absolute atomic E-state index is 0.168. The zero-order valence-corrected chi connectivity index (χ0v) is 11.4. The van der Waals surface area contributed by atoms with E-state index in [4.69, 9.17) is 0 Å². The van der Waals surface area contributed by atoms with Crippen LogP contribution in [0, 0.1) is 5.82 Å². The summed E-state index contributed by atoms with van der Waals surface area (Å²) in [4.78, 5) is 15.4. The summed E-state index contributed by atoms with van der Waals surface area (Å²) < 4.78 is 14.5. The Kier molecular flexibility index (Phi) is 3.44. The molecular formula is C13H9FN4O2S. The molecule has 0 amide bonds. The van der Waals surface area contributed by atoms with Crippen molar-refractivity contribution in [2.24, 2.45) is 0 Å². The van der Waals surface area contributed by atoms with Crippen LogP contribution < -0.4 is 0 Å². The Morgan fingerprint density at radius 1 is 1.33 bits per heavy atom. The molecule has 2 heterocycles. The summed E-state index contributed by atoms with van der Waals surface area (Å²) >= 11 is 1.43. The third kappa shape index (κ3) is 2.65. The van der Waals surface area contributed by atoms with Crippen molar-refractivity contribution in [1.82, 2.24) is 20.0 Å². The van der Waals surface area contributed by atoms with Gasteiger partial charge >= 0.3 is 5.97 Å². The van der Waals surface area contributed by atoms with E-state index in [0.29, 0.717) is 17.8 Å². The average Bonchev–Trinajstić information content (AvgIpc) is 3.10. The van der Waals surface area contributed by atoms with Gasteiger partial charge in [-0.25, -0.2) is 18.9 Å². The lowest BCUT2D eigenvalue weighted by Gasteiger charge is -2.05. The van der Waals surface area contributed by atoms with Crippen LogP contribution >= 0.6 is 11.3 Å². The van der Waals surface area contributed by atoms with Gasteiger partial charge in [0.15, 0.2) is 5.69 Å². The maximum absolute atomic E-state index is 13.0. The zero-order chi connectivity index (χ0) is 14.8. The van der Waals surface area contributed by atoms with Crippen molar-refractivity contribution in [3.8, 4) is 11.3 Å². The van der Waals surface area contributed by atoms with E-state index in [0.717, 1.165) is 5.01 Å². The first-order valence-corrected chi connectivity index (χ1v) is 6.84. The molecule has 0 radical (unpaired) electrons. The normalized spacial score (nSPS) is 10.7. The van der Waals surface area contributed by atoms with Gasteiger partial charge in [-0.05, 0) is 24.3 Å². The highest BCUT2D eigenvalue weighted by Gasteiger charge is 2.21. The number of carbonyl (C=O) groups is 1.